The highest BCUT2D eigenvalue weighted by Gasteiger charge is 2.36. The second kappa shape index (κ2) is 5.88. The molecule has 1 heterocycles. The maximum atomic E-state index is 11.9. The van der Waals surface area contributed by atoms with E-state index in [2.05, 4.69) is 10.6 Å². The quantitative estimate of drug-likeness (QED) is 0.671. The molecule has 0 saturated heterocycles. The number of carbonyl (C=O) groups is 2. The van der Waals surface area contributed by atoms with Gasteiger partial charge in [0, 0.05) is 13.1 Å². The highest BCUT2D eigenvalue weighted by Crippen LogP contribution is 2.26. The van der Waals surface area contributed by atoms with Gasteiger partial charge in [0.25, 0.3) is 5.91 Å². The van der Waals surface area contributed by atoms with Crippen molar-refractivity contribution in [3.05, 3.63) is 24.2 Å². The zero-order chi connectivity index (χ0) is 13.7. The van der Waals surface area contributed by atoms with Crippen LogP contribution in [0.15, 0.2) is 22.8 Å². The van der Waals surface area contributed by atoms with Crippen molar-refractivity contribution < 1.29 is 14.0 Å². The SMILES string of the molecule is NC1(C(=O)NCCNC(=O)c2ccco2)CCCC1. The van der Waals surface area contributed by atoms with Gasteiger partial charge in [-0.1, -0.05) is 12.8 Å². The zero-order valence-corrected chi connectivity index (χ0v) is 10.8. The average Bonchev–Trinajstić information content (AvgIpc) is 3.05. The van der Waals surface area contributed by atoms with Crippen LogP contribution >= 0.6 is 0 Å². The van der Waals surface area contributed by atoms with Crippen LogP contribution in [0.1, 0.15) is 36.2 Å². The van der Waals surface area contributed by atoms with E-state index >= 15 is 0 Å². The van der Waals surface area contributed by atoms with Gasteiger partial charge in [0.05, 0.1) is 11.8 Å². The molecule has 6 heteroatoms. The normalized spacial score (nSPS) is 17.1. The fourth-order valence-electron chi connectivity index (χ4n) is 2.26. The first kappa shape index (κ1) is 13.6. The summed E-state index contributed by atoms with van der Waals surface area (Å²) in [5, 5.41) is 5.41. The van der Waals surface area contributed by atoms with Gasteiger partial charge in [-0.15, -0.1) is 0 Å². The minimum Gasteiger partial charge on any atom is -0.459 e. The van der Waals surface area contributed by atoms with E-state index in [0.29, 0.717) is 13.1 Å². The summed E-state index contributed by atoms with van der Waals surface area (Å²) in [6.07, 6.45) is 4.91. The van der Waals surface area contributed by atoms with Crippen molar-refractivity contribution >= 4 is 11.8 Å². The molecule has 0 aliphatic heterocycles. The van der Waals surface area contributed by atoms with Gasteiger partial charge in [-0.2, -0.15) is 0 Å². The lowest BCUT2D eigenvalue weighted by atomic mass is 9.98. The summed E-state index contributed by atoms with van der Waals surface area (Å²) in [5.74, 6) is -0.155. The van der Waals surface area contributed by atoms with Crippen molar-refractivity contribution in [1.29, 1.82) is 0 Å². The van der Waals surface area contributed by atoms with E-state index in [-0.39, 0.29) is 17.6 Å². The molecule has 1 aromatic heterocycles. The van der Waals surface area contributed by atoms with Crippen LogP contribution in [0, 0.1) is 0 Å². The first-order chi connectivity index (χ1) is 9.12. The summed E-state index contributed by atoms with van der Waals surface area (Å²) >= 11 is 0. The summed E-state index contributed by atoms with van der Waals surface area (Å²) in [6, 6.07) is 3.23. The Morgan fingerprint density at radius 3 is 2.58 bits per heavy atom. The largest absolute Gasteiger partial charge is 0.459 e. The van der Waals surface area contributed by atoms with Crippen molar-refractivity contribution in [2.75, 3.05) is 13.1 Å². The number of hydrogen-bond donors (Lipinski definition) is 3. The highest BCUT2D eigenvalue weighted by atomic mass is 16.3. The monoisotopic (exact) mass is 265 g/mol. The maximum Gasteiger partial charge on any atom is 0.287 e. The minimum atomic E-state index is -0.717. The van der Waals surface area contributed by atoms with Gasteiger partial charge in [0.15, 0.2) is 5.76 Å². The van der Waals surface area contributed by atoms with Crippen molar-refractivity contribution in [3.63, 3.8) is 0 Å². The topological polar surface area (TPSA) is 97.4 Å². The Kier molecular flexibility index (Phi) is 4.21. The molecule has 0 spiro atoms. The standard InChI is InChI=1S/C13H19N3O3/c14-13(5-1-2-6-13)12(18)16-8-7-15-11(17)10-4-3-9-19-10/h3-4,9H,1-2,5-8,14H2,(H,15,17)(H,16,18). The number of nitrogens with two attached hydrogens (primary N) is 1. The van der Waals surface area contributed by atoms with Gasteiger partial charge in [-0.05, 0) is 25.0 Å². The van der Waals surface area contributed by atoms with Crippen molar-refractivity contribution in [1.82, 2.24) is 10.6 Å². The summed E-state index contributed by atoms with van der Waals surface area (Å²) in [5.41, 5.74) is 5.29. The summed E-state index contributed by atoms with van der Waals surface area (Å²) < 4.78 is 4.95. The van der Waals surface area contributed by atoms with Gasteiger partial charge in [-0.25, -0.2) is 0 Å². The van der Waals surface area contributed by atoms with E-state index in [1.54, 1.807) is 12.1 Å². The molecule has 19 heavy (non-hydrogen) atoms. The highest BCUT2D eigenvalue weighted by molar-refractivity contribution is 5.91. The van der Waals surface area contributed by atoms with Crippen LogP contribution in [0.4, 0.5) is 0 Å². The number of furan rings is 1. The van der Waals surface area contributed by atoms with Crippen LogP contribution in [-0.2, 0) is 4.79 Å². The first-order valence-electron chi connectivity index (χ1n) is 6.51. The third-order valence-electron chi connectivity index (χ3n) is 3.39. The van der Waals surface area contributed by atoms with Gasteiger partial charge in [-0.3, -0.25) is 9.59 Å². The molecule has 2 rings (SSSR count). The van der Waals surface area contributed by atoms with Gasteiger partial charge >= 0.3 is 0 Å². The van der Waals surface area contributed by atoms with Crippen molar-refractivity contribution in [3.8, 4) is 0 Å². The van der Waals surface area contributed by atoms with E-state index in [9.17, 15) is 9.59 Å². The van der Waals surface area contributed by atoms with Gasteiger partial charge in [0.1, 0.15) is 0 Å². The van der Waals surface area contributed by atoms with Gasteiger partial charge < -0.3 is 20.8 Å². The Morgan fingerprint density at radius 2 is 1.95 bits per heavy atom. The zero-order valence-electron chi connectivity index (χ0n) is 10.8. The number of amides is 2. The van der Waals surface area contributed by atoms with E-state index in [1.165, 1.54) is 6.26 Å². The molecule has 6 nitrogen and oxygen atoms in total. The van der Waals surface area contributed by atoms with Crippen LogP contribution in [0.3, 0.4) is 0 Å². The molecule has 0 radical (unpaired) electrons. The molecular formula is C13H19N3O3. The molecule has 1 aliphatic rings. The molecule has 0 atom stereocenters. The number of carbonyl (C=O) groups excluding carboxylic acids is 2. The molecule has 4 N–H and O–H groups in total. The Morgan fingerprint density at radius 1 is 1.26 bits per heavy atom. The number of rotatable bonds is 5. The third kappa shape index (κ3) is 3.35. The molecule has 2 amide bonds. The van der Waals surface area contributed by atoms with E-state index < -0.39 is 5.54 Å². The van der Waals surface area contributed by atoms with Crippen LogP contribution < -0.4 is 16.4 Å². The number of hydrogen-bond acceptors (Lipinski definition) is 4. The number of nitrogens with one attached hydrogen (secondary N) is 2. The first-order valence-corrected chi connectivity index (χ1v) is 6.51. The molecule has 0 unspecified atom stereocenters. The molecule has 0 aromatic carbocycles. The molecule has 104 valence electrons. The second-order valence-electron chi connectivity index (χ2n) is 4.85. The lowest BCUT2D eigenvalue weighted by Gasteiger charge is -2.22. The van der Waals surface area contributed by atoms with Crippen LogP contribution in [0.5, 0.6) is 0 Å². The molecular weight excluding hydrogens is 246 g/mol. The smallest absolute Gasteiger partial charge is 0.287 e. The molecule has 1 aromatic rings. The summed E-state index contributed by atoms with van der Waals surface area (Å²) in [6.45, 7) is 0.714. The predicted molar refractivity (Wildman–Crippen MR) is 69.4 cm³/mol. The van der Waals surface area contributed by atoms with Crippen LogP contribution in [0.25, 0.3) is 0 Å². The Labute approximate surface area is 111 Å². The lowest BCUT2D eigenvalue weighted by molar-refractivity contribution is -0.126. The Balaban J connectivity index is 1.67. The average molecular weight is 265 g/mol. The van der Waals surface area contributed by atoms with Gasteiger partial charge in [0.2, 0.25) is 5.91 Å². The third-order valence-corrected chi connectivity index (χ3v) is 3.39. The van der Waals surface area contributed by atoms with E-state index in [0.717, 1.165) is 25.7 Å². The summed E-state index contributed by atoms with van der Waals surface area (Å²) in [7, 11) is 0. The van der Waals surface area contributed by atoms with E-state index in [4.69, 9.17) is 10.2 Å². The van der Waals surface area contributed by atoms with Crippen molar-refractivity contribution in [2.24, 2.45) is 5.73 Å². The molecule has 0 bridgehead atoms. The second-order valence-corrected chi connectivity index (χ2v) is 4.85. The molecule has 1 aliphatic carbocycles. The fraction of sp³-hybridized carbons (Fsp3) is 0.538. The Hall–Kier alpha value is -1.82. The summed E-state index contributed by atoms with van der Waals surface area (Å²) in [4.78, 5) is 23.4. The lowest BCUT2D eigenvalue weighted by Crippen LogP contribution is -2.53. The maximum absolute atomic E-state index is 11.9. The molecule has 1 fully saturated rings. The van der Waals surface area contributed by atoms with Crippen LogP contribution in [0.2, 0.25) is 0 Å². The minimum absolute atomic E-state index is 0.128. The molecule has 1 saturated carbocycles. The van der Waals surface area contributed by atoms with E-state index in [1.807, 2.05) is 0 Å². The fourth-order valence-corrected chi connectivity index (χ4v) is 2.26. The van der Waals surface area contributed by atoms with Crippen LogP contribution in [-0.4, -0.2) is 30.4 Å². The Bertz CT molecular complexity index is 436. The predicted octanol–water partition coefficient (Wildman–Crippen LogP) is 0.397. The van der Waals surface area contributed by atoms with Crippen molar-refractivity contribution in [2.45, 2.75) is 31.2 Å².